The number of nitrogens with zero attached hydrogens (tertiary/aromatic N) is 1. The van der Waals surface area contributed by atoms with E-state index in [1.165, 1.54) is 44.1 Å². The molecule has 88 valence electrons. The third-order valence-corrected chi connectivity index (χ3v) is 3.71. The molecule has 1 fully saturated rings. The highest BCUT2D eigenvalue weighted by atomic mass is 14.7. The van der Waals surface area contributed by atoms with Gasteiger partial charge in [0, 0.05) is 17.9 Å². The molecule has 0 saturated heterocycles. The number of aromatic nitrogens is 1. The normalized spacial score (nSPS) is 20.4. The minimum Gasteiger partial charge on any atom is -0.324 e. The van der Waals surface area contributed by atoms with Crippen molar-refractivity contribution in [3.8, 4) is 0 Å². The summed E-state index contributed by atoms with van der Waals surface area (Å²) in [5, 5.41) is 0. The van der Waals surface area contributed by atoms with Crippen LogP contribution in [0.5, 0.6) is 0 Å². The van der Waals surface area contributed by atoms with Crippen LogP contribution in [0.3, 0.4) is 0 Å². The highest BCUT2D eigenvalue weighted by Gasteiger charge is 2.20. The number of nitrogens with two attached hydrogens (primary N) is 1. The van der Waals surface area contributed by atoms with E-state index in [1.807, 2.05) is 13.1 Å². The monoisotopic (exact) mass is 218 g/mol. The van der Waals surface area contributed by atoms with Crippen molar-refractivity contribution in [3.05, 3.63) is 29.6 Å². The summed E-state index contributed by atoms with van der Waals surface area (Å²) in [6.45, 7) is 2.03. The largest absolute Gasteiger partial charge is 0.324 e. The first-order valence-corrected chi connectivity index (χ1v) is 6.45. The molecule has 1 unspecified atom stereocenters. The molecule has 1 atom stereocenters. The van der Waals surface area contributed by atoms with E-state index >= 15 is 0 Å². The first-order valence-electron chi connectivity index (χ1n) is 6.45. The van der Waals surface area contributed by atoms with Gasteiger partial charge in [-0.2, -0.15) is 0 Å². The van der Waals surface area contributed by atoms with Crippen molar-refractivity contribution in [1.82, 2.24) is 4.98 Å². The van der Waals surface area contributed by atoms with Crippen molar-refractivity contribution in [1.29, 1.82) is 0 Å². The molecule has 1 heterocycles. The second kappa shape index (κ2) is 5.44. The minimum absolute atomic E-state index is 0.208. The molecule has 1 aromatic heterocycles. The molecule has 0 amide bonds. The Bertz CT molecular complexity index is 327. The van der Waals surface area contributed by atoms with Gasteiger partial charge in [0.1, 0.15) is 0 Å². The zero-order chi connectivity index (χ0) is 11.4. The molecule has 1 aromatic rings. The molecule has 2 N–H and O–H groups in total. The lowest BCUT2D eigenvalue weighted by atomic mass is 9.88. The maximum absolute atomic E-state index is 6.38. The molecule has 2 rings (SSSR count). The Balaban J connectivity index is 2.07. The molecule has 0 bridgehead atoms. The molecule has 0 aromatic carbocycles. The molecule has 0 radical (unpaired) electrons. The van der Waals surface area contributed by atoms with Crippen LogP contribution in [0.2, 0.25) is 0 Å². The Morgan fingerprint density at radius 2 is 1.94 bits per heavy atom. The quantitative estimate of drug-likeness (QED) is 0.773. The Labute approximate surface area is 98.3 Å². The zero-order valence-electron chi connectivity index (χ0n) is 10.2. The lowest BCUT2D eigenvalue weighted by Crippen LogP contribution is -2.21. The van der Waals surface area contributed by atoms with Crippen LogP contribution in [-0.4, -0.2) is 4.98 Å². The summed E-state index contributed by atoms with van der Waals surface area (Å²) >= 11 is 0. The molecule has 0 aliphatic heterocycles. The van der Waals surface area contributed by atoms with Crippen LogP contribution < -0.4 is 5.73 Å². The summed E-state index contributed by atoms with van der Waals surface area (Å²) in [4.78, 5) is 4.23. The van der Waals surface area contributed by atoms with Crippen LogP contribution in [0.4, 0.5) is 0 Å². The maximum atomic E-state index is 6.38. The summed E-state index contributed by atoms with van der Waals surface area (Å²) in [6.07, 6.45) is 9.94. The molecule has 0 spiro atoms. The van der Waals surface area contributed by atoms with E-state index in [9.17, 15) is 0 Å². The van der Waals surface area contributed by atoms with Crippen molar-refractivity contribution in [2.75, 3.05) is 0 Å². The van der Waals surface area contributed by atoms with Gasteiger partial charge >= 0.3 is 0 Å². The Hall–Kier alpha value is -0.890. The predicted molar refractivity (Wildman–Crippen MR) is 67.1 cm³/mol. The molecule has 1 aliphatic carbocycles. The Morgan fingerprint density at radius 3 is 2.56 bits per heavy atom. The second-order valence-electron chi connectivity index (χ2n) is 5.01. The lowest BCUT2D eigenvalue weighted by molar-refractivity contribution is 0.382. The Morgan fingerprint density at radius 1 is 1.25 bits per heavy atom. The first kappa shape index (κ1) is 11.6. The Kier molecular flexibility index (Phi) is 3.94. The van der Waals surface area contributed by atoms with Gasteiger partial charge in [-0.1, -0.05) is 25.7 Å². The number of pyridine rings is 1. The van der Waals surface area contributed by atoms with Gasteiger partial charge in [0.15, 0.2) is 0 Å². The van der Waals surface area contributed by atoms with E-state index in [4.69, 9.17) is 5.73 Å². The van der Waals surface area contributed by atoms with Crippen LogP contribution in [0.15, 0.2) is 18.3 Å². The van der Waals surface area contributed by atoms with Crippen LogP contribution in [-0.2, 0) is 0 Å². The predicted octanol–water partition coefficient (Wildman–Crippen LogP) is 3.36. The number of rotatable bonds is 2. The van der Waals surface area contributed by atoms with E-state index in [0.29, 0.717) is 5.92 Å². The third-order valence-electron chi connectivity index (χ3n) is 3.71. The van der Waals surface area contributed by atoms with Crippen LogP contribution in [0.1, 0.15) is 55.8 Å². The third kappa shape index (κ3) is 2.82. The topological polar surface area (TPSA) is 38.9 Å². The van der Waals surface area contributed by atoms with Gasteiger partial charge in [-0.3, -0.25) is 4.98 Å². The van der Waals surface area contributed by atoms with Gasteiger partial charge in [-0.15, -0.1) is 0 Å². The van der Waals surface area contributed by atoms with Gasteiger partial charge in [-0.25, -0.2) is 0 Å². The summed E-state index contributed by atoms with van der Waals surface area (Å²) < 4.78 is 0. The lowest BCUT2D eigenvalue weighted by Gasteiger charge is -2.22. The average molecular weight is 218 g/mol. The van der Waals surface area contributed by atoms with Gasteiger partial charge < -0.3 is 5.73 Å². The fraction of sp³-hybridized carbons (Fsp3) is 0.643. The van der Waals surface area contributed by atoms with Crippen molar-refractivity contribution >= 4 is 0 Å². The molecule has 2 nitrogen and oxygen atoms in total. The van der Waals surface area contributed by atoms with Crippen LogP contribution in [0, 0.1) is 12.8 Å². The van der Waals surface area contributed by atoms with E-state index in [-0.39, 0.29) is 6.04 Å². The van der Waals surface area contributed by atoms with E-state index in [2.05, 4.69) is 17.1 Å². The van der Waals surface area contributed by atoms with Gasteiger partial charge in [0.2, 0.25) is 0 Å². The average Bonchev–Trinajstić information content (AvgIpc) is 2.56. The van der Waals surface area contributed by atoms with Crippen LogP contribution in [0.25, 0.3) is 0 Å². The fourth-order valence-corrected chi connectivity index (χ4v) is 2.72. The number of hydrogen-bond acceptors (Lipinski definition) is 2. The fourth-order valence-electron chi connectivity index (χ4n) is 2.72. The summed E-state index contributed by atoms with van der Waals surface area (Å²) in [7, 11) is 0. The highest BCUT2D eigenvalue weighted by molar-refractivity contribution is 5.19. The summed E-state index contributed by atoms with van der Waals surface area (Å²) in [5.41, 5.74) is 8.71. The van der Waals surface area contributed by atoms with Crippen LogP contribution >= 0.6 is 0 Å². The SMILES string of the molecule is Cc1cc(C(N)C2CCCCCC2)ccn1. The van der Waals surface area contributed by atoms with E-state index in [0.717, 1.165) is 5.69 Å². The molecule has 16 heavy (non-hydrogen) atoms. The molecular formula is C14H22N2. The molecule has 1 aliphatic rings. The van der Waals surface area contributed by atoms with E-state index in [1.54, 1.807) is 0 Å². The molecular weight excluding hydrogens is 196 g/mol. The van der Waals surface area contributed by atoms with Crippen molar-refractivity contribution in [3.63, 3.8) is 0 Å². The zero-order valence-corrected chi connectivity index (χ0v) is 10.2. The minimum atomic E-state index is 0.208. The molecule has 1 saturated carbocycles. The van der Waals surface area contributed by atoms with Crippen molar-refractivity contribution in [2.45, 2.75) is 51.5 Å². The standard InChI is InChI=1S/C14H22N2/c1-11-10-13(8-9-16-11)14(15)12-6-4-2-3-5-7-12/h8-10,12,14H,2-7,15H2,1H3. The van der Waals surface area contributed by atoms with E-state index < -0.39 is 0 Å². The number of aryl methyl sites for hydroxylation is 1. The van der Waals surface area contributed by atoms with Crippen molar-refractivity contribution < 1.29 is 0 Å². The van der Waals surface area contributed by atoms with Gasteiger partial charge in [0.05, 0.1) is 0 Å². The highest BCUT2D eigenvalue weighted by Crippen LogP contribution is 2.31. The number of hydrogen-bond donors (Lipinski definition) is 1. The molecule has 2 heteroatoms. The second-order valence-corrected chi connectivity index (χ2v) is 5.01. The summed E-state index contributed by atoms with van der Waals surface area (Å²) in [5.74, 6) is 0.671. The maximum Gasteiger partial charge on any atom is 0.0375 e. The smallest absolute Gasteiger partial charge is 0.0375 e. The summed E-state index contributed by atoms with van der Waals surface area (Å²) in [6, 6.07) is 4.41. The van der Waals surface area contributed by atoms with Gasteiger partial charge in [-0.05, 0) is 43.4 Å². The van der Waals surface area contributed by atoms with Crippen molar-refractivity contribution in [2.24, 2.45) is 11.7 Å². The first-order chi connectivity index (χ1) is 7.77. The van der Waals surface area contributed by atoms with Gasteiger partial charge in [0.25, 0.3) is 0 Å².